The minimum atomic E-state index is -0.781. The van der Waals surface area contributed by atoms with Gasteiger partial charge in [-0.1, -0.05) is 42.5 Å². The zero-order chi connectivity index (χ0) is 25.9. The number of aryl methyl sites for hydroxylation is 1. The number of para-hydroxylation sites is 1. The Balaban J connectivity index is 1.63. The number of anilines is 1. The van der Waals surface area contributed by atoms with Gasteiger partial charge in [0.25, 0.3) is 17.8 Å². The second-order valence-electron chi connectivity index (χ2n) is 8.02. The van der Waals surface area contributed by atoms with Crippen LogP contribution in [0.3, 0.4) is 0 Å². The van der Waals surface area contributed by atoms with Gasteiger partial charge in [0, 0.05) is 23.5 Å². The van der Waals surface area contributed by atoms with Crippen LogP contribution in [0.4, 0.5) is 17.2 Å². The topological polar surface area (TPSA) is 161 Å². The van der Waals surface area contributed by atoms with E-state index >= 15 is 0 Å². The summed E-state index contributed by atoms with van der Waals surface area (Å²) in [7, 11) is 0. The fraction of sp³-hybridized carbons (Fsp3) is 0.0385. The number of nitrogens with zero attached hydrogens (tertiary/aromatic N) is 6. The number of phenols is 1. The molecule has 0 atom stereocenters. The lowest BCUT2D eigenvalue weighted by Crippen LogP contribution is -2.13. The number of phenolic OH excluding ortho intramolecular Hbond substituents is 1. The Kier molecular flexibility index (Phi) is 6.08. The standard InChI is InChI=1S/C26H20N8O3/c1-15-7-2-5-10-20(15)31-25(37)18-13-16-8-3-4-9-17(16)21(22(18)35)32-33-24-19(23(27)36)14-30-34(24)26-28-11-6-12-29-26/h2-14,35H,1H3,(H2,27,36)(H,31,37)/b33-32+. The highest BCUT2D eigenvalue weighted by Crippen LogP contribution is 2.40. The third kappa shape index (κ3) is 4.48. The molecule has 4 N–H and O–H groups in total. The molecular weight excluding hydrogens is 472 g/mol. The molecule has 182 valence electrons. The van der Waals surface area contributed by atoms with Gasteiger partial charge in [0.2, 0.25) is 0 Å². The molecule has 0 aliphatic rings. The van der Waals surface area contributed by atoms with Crippen molar-refractivity contribution in [1.82, 2.24) is 19.7 Å². The quantitative estimate of drug-likeness (QED) is 0.294. The largest absolute Gasteiger partial charge is 0.505 e. The Morgan fingerprint density at radius 2 is 1.70 bits per heavy atom. The molecule has 11 nitrogen and oxygen atoms in total. The smallest absolute Gasteiger partial charge is 0.259 e. The Labute approximate surface area is 210 Å². The molecule has 5 rings (SSSR count). The predicted molar refractivity (Wildman–Crippen MR) is 137 cm³/mol. The van der Waals surface area contributed by atoms with Gasteiger partial charge >= 0.3 is 0 Å². The fourth-order valence-electron chi connectivity index (χ4n) is 3.75. The van der Waals surface area contributed by atoms with Gasteiger partial charge < -0.3 is 16.2 Å². The van der Waals surface area contributed by atoms with Crippen LogP contribution in [0.5, 0.6) is 5.75 Å². The Morgan fingerprint density at radius 3 is 2.46 bits per heavy atom. The number of hydrogen-bond donors (Lipinski definition) is 3. The van der Waals surface area contributed by atoms with E-state index in [9.17, 15) is 14.7 Å². The van der Waals surface area contributed by atoms with Gasteiger partial charge in [0.15, 0.2) is 11.6 Å². The molecule has 0 saturated carbocycles. The first-order valence-corrected chi connectivity index (χ1v) is 11.1. The van der Waals surface area contributed by atoms with E-state index in [-0.39, 0.29) is 34.3 Å². The monoisotopic (exact) mass is 492 g/mol. The molecule has 2 aromatic heterocycles. The van der Waals surface area contributed by atoms with Gasteiger partial charge in [-0.2, -0.15) is 9.78 Å². The Bertz CT molecular complexity index is 1680. The number of primary amides is 1. The van der Waals surface area contributed by atoms with Gasteiger partial charge in [0.1, 0.15) is 11.3 Å². The first kappa shape index (κ1) is 23.3. The summed E-state index contributed by atoms with van der Waals surface area (Å²) >= 11 is 0. The molecule has 0 saturated heterocycles. The lowest BCUT2D eigenvalue weighted by atomic mass is 10.0. The number of aromatic hydroxyl groups is 1. The van der Waals surface area contributed by atoms with E-state index in [4.69, 9.17) is 5.73 Å². The van der Waals surface area contributed by atoms with Crippen LogP contribution in [-0.4, -0.2) is 36.7 Å². The van der Waals surface area contributed by atoms with Crippen molar-refractivity contribution in [2.75, 3.05) is 5.32 Å². The van der Waals surface area contributed by atoms with E-state index in [1.165, 1.54) is 23.3 Å². The molecule has 37 heavy (non-hydrogen) atoms. The molecule has 3 aromatic carbocycles. The van der Waals surface area contributed by atoms with Crippen LogP contribution in [0.1, 0.15) is 26.3 Å². The van der Waals surface area contributed by atoms with Gasteiger partial charge in [-0.05, 0) is 36.1 Å². The number of nitrogens with one attached hydrogen (secondary N) is 1. The maximum absolute atomic E-state index is 13.2. The molecule has 0 fully saturated rings. The lowest BCUT2D eigenvalue weighted by molar-refractivity contribution is 0.0997. The molecule has 2 heterocycles. The molecule has 5 aromatic rings. The van der Waals surface area contributed by atoms with Crippen molar-refractivity contribution in [1.29, 1.82) is 0 Å². The number of rotatable bonds is 6. The number of nitrogens with two attached hydrogens (primary N) is 1. The van der Waals surface area contributed by atoms with Crippen LogP contribution in [0, 0.1) is 6.92 Å². The van der Waals surface area contributed by atoms with Gasteiger partial charge in [0.05, 0.1) is 11.8 Å². The number of fused-ring (bicyclic) bond motifs is 1. The van der Waals surface area contributed by atoms with E-state index in [0.29, 0.717) is 16.5 Å². The Morgan fingerprint density at radius 1 is 0.973 bits per heavy atom. The van der Waals surface area contributed by atoms with Crippen LogP contribution in [0.15, 0.2) is 89.5 Å². The predicted octanol–water partition coefficient (Wildman–Crippen LogP) is 4.60. The van der Waals surface area contributed by atoms with E-state index in [0.717, 1.165) is 5.56 Å². The number of carbonyl (C=O) groups excluding carboxylic acids is 2. The summed E-state index contributed by atoms with van der Waals surface area (Å²) in [4.78, 5) is 33.4. The van der Waals surface area contributed by atoms with E-state index in [2.05, 4.69) is 30.6 Å². The van der Waals surface area contributed by atoms with Crippen molar-refractivity contribution in [2.24, 2.45) is 16.0 Å². The highest BCUT2D eigenvalue weighted by molar-refractivity contribution is 6.12. The highest BCUT2D eigenvalue weighted by Gasteiger charge is 2.21. The van der Waals surface area contributed by atoms with E-state index < -0.39 is 11.8 Å². The van der Waals surface area contributed by atoms with Crippen LogP contribution in [-0.2, 0) is 0 Å². The second kappa shape index (κ2) is 9.66. The van der Waals surface area contributed by atoms with Crippen LogP contribution >= 0.6 is 0 Å². The summed E-state index contributed by atoms with van der Waals surface area (Å²) in [6.45, 7) is 1.87. The zero-order valence-electron chi connectivity index (χ0n) is 19.5. The van der Waals surface area contributed by atoms with Crippen molar-refractivity contribution in [2.45, 2.75) is 6.92 Å². The van der Waals surface area contributed by atoms with Gasteiger partial charge in [-0.3, -0.25) is 9.59 Å². The second-order valence-corrected chi connectivity index (χ2v) is 8.02. The average Bonchev–Trinajstić information content (AvgIpc) is 3.34. The normalized spacial score (nSPS) is 11.2. The van der Waals surface area contributed by atoms with Crippen LogP contribution in [0.25, 0.3) is 16.7 Å². The first-order valence-electron chi connectivity index (χ1n) is 11.1. The molecule has 0 aliphatic carbocycles. The number of carbonyl (C=O) groups is 2. The zero-order valence-corrected chi connectivity index (χ0v) is 19.5. The third-order valence-electron chi connectivity index (χ3n) is 5.63. The SMILES string of the molecule is Cc1ccccc1NC(=O)c1cc2ccccc2c(/N=N/c2c(C(N)=O)cnn2-c2ncccn2)c1O. The van der Waals surface area contributed by atoms with Crippen molar-refractivity contribution in [3.63, 3.8) is 0 Å². The van der Waals surface area contributed by atoms with Crippen LogP contribution in [0.2, 0.25) is 0 Å². The number of aromatic nitrogens is 4. The molecule has 11 heteroatoms. The summed E-state index contributed by atoms with van der Waals surface area (Å²) in [5.74, 6) is -1.57. The summed E-state index contributed by atoms with van der Waals surface area (Å²) < 4.78 is 1.21. The number of azo groups is 1. The van der Waals surface area contributed by atoms with Crippen molar-refractivity contribution < 1.29 is 14.7 Å². The van der Waals surface area contributed by atoms with Gasteiger partial charge in [-0.15, -0.1) is 10.2 Å². The molecule has 0 bridgehead atoms. The molecule has 0 aliphatic heterocycles. The van der Waals surface area contributed by atoms with Crippen molar-refractivity contribution in [3.05, 3.63) is 95.9 Å². The maximum atomic E-state index is 13.2. The van der Waals surface area contributed by atoms with Crippen molar-refractivity contribution in [3.8, 4) is 11.7 Å². The van der Waals surface area contributed by atoms with Gasteiger partial charge in [-0.25, -0.2) is 9.97 Å². The molecule has 2 amide bonds. The third-order valence-corrected chi connectivity index (χ3v) is 5.63. The van der Waals surface area contributed by atoms with Crippen LogP contribution < -0.4 is 11.1 Å². The van der Waals surface area contributed by atoms with E-state index in [1.54, 1.807) is 48.5 Å². The number of benzene rings is 3. The fourth-order valence-corrected chi connectivity index (χ4v) is 3.75. The minimum Gasteiger partial charge on any atom is -0.505 e. The highest BCUT2D eigenvalue weighted by atomic mass is 16.3. The summed E-state index contributed by atoms with van der Waals surface area (Å²) in [5.41, 5.74) is 7.00. The minimum absolute atomic E-state index is 0.00549. The average molecular weight is 492 g/mol. The summed E-state index contributed by atoms with van der Waals surface area (Å²) in [6.07, 6.45) is 4.24. The first-order chi connectivity index (χ1) is 17.9. The lowest BCUT2D eigenvalue weighted by Gasteiger charge is -2.12. The maximum Gasteiger partial charge on any atom is 0.259 e. The molecule has 0 unspecified atom stereocenters. The Hall–Kier alpha value is -5.45. The van der Waals surface area contributed by atoms with E-state index in [1.807, 2.05) is 19.1 Å². The number of amides is 2. The molecular formula is C26H20N8O3. The molecule has 0 radical (unpaired) electrons. The van der Waals surface area contributed by atoms with Crippen molar-refractivity contribution >= 4 is 39.8 Å². The molecule has 0 spiro atoms. The number of hydrogen-bond acceptors (Lipinski definition) is 8. The summed E-state index contributed by atoms with van der Waals surface area (Å²) in [6, 6.07) is 17.6. The summed E-state index contributed by atoms with van der Waals surface area (Å²) in [5, 5.41) is 27.7.